The lowest BCUT2D eigenvalue weighted by Crippen LogP contribution is -2.49. The van der Waals surface area contributed by atoms with E-state index in [1.54, 1.807) is 48.8 Å². The van der Waals surface area contributed by atoms with E-state index in [9.17, 15) is 13.2 Å². The molecule has 1 aliphatic heterocycles. The number of aromatic nitrogens is 4. The van der Waals surface area contributed by atoms with Gasteiger partial charge in [0.1, 0.15) is 5.69 Å². The molecule has 40 heavy (non-hydrogen) atoms. The predicted octanol–water partition coefficient (Wildman–Crippen LogP) is 3.18. The highest BCUT2D eigenvalue weighted by atomic mass is 35.5. The molecule has 3 N–H and O–H groups in total. The van der Waals surface area contributed by atoms with Crippen molar-refractivity contribution in [3.63, 3.8) is 0 Å². The summed E-state index contributed by atoms with van der Waals surface area (Å²) < 4.78 is 35.6. The summed E-state index contributed by atoms with van der Waals surface area (Å²) in [5.74, 6) is 0.0525. The minimum Gasteiger partial charge on any atom is -0.486 e. The number of ether oxygens (including phenoxy) is 1. The van der Waals surface area contributed by atoms with E-state index in [1.807, 2.05) is 4.90 Å². The molecule has 0 bridgehead atoms. The van der Waals surface area contributed by atoms with Gasteiger partial charge in [0.05, 0.1) is 41.6 Å². The molecule has 1 aliphatic carbocycles. The summed E-state index contributed by atoms with van der Waals surface area (Å²) in [6, 6.07) is 10.3. The van der Waals surface area contributed by atoms with Crippen molar-refractivity contribution in [2.45, 2.75) is 25.5 Å². The molecule has 13 heteroatoms. The first-order valence-corrected chi connectivity index (χ1v) is 15.1. The maximum absolute atomic E-state index is 13.6. The highest BCUT2D eigenvalue weighted by molar-refractivity contribution is 7.88. The van der Waals surface area contributed by atoms with E-state index >= 15 is 0 Å². The van der Waals surface area contributed by atoms with Crippen LogP contribution in [-0.4, -0.2) is 65.5 Å². The van der Waals surface area contributed by atoms with Crippen LogP contribution in [0.4, 0.5) is 11.4 Å². The van der Waals surface area contributed by atoms with Gasteiger partial charge >= 0.3 is 5.56 Å². The summed E-state index contributed by atoms with van der Waals surface area (Å²) in [4.78, 5) is 15.6. The lowest BCUT2D eigenvalue weighted by atomic mass is 10.1. The quantitative estimate of drug-likeness (QED) is 0.302. The molecular formula is C27H30ClN7O4S. The van der Waals surface area contributed by atoms with Gasteiger partial charge in [-0.25, -0.2) is 8.42 Å². The van der Waals surface area contributed by atoms with Crippen molar-refractivity contribution in [3.05, 3.63) is 69.7 Å². The smallest absolute Gasteiger partial charge is 0.316 e. The van der Waals surface area contributed by atoms with Gasteiger partial charge in [0.2, 0.25) is 15.8 Å². The largest absolute Gasteiger partial charge is 0.486 e. The van der Waals surface area contributed by atoms with Crippen LogP contribution in [0.1, 0.15) is 25.3 Å². The number of piperazine rings is 1. The highest BCUT2D eigenvalue weighted by Gasteiger charge is 2.39. The van der Waals surface area contributed by atoms with Gasteiger partial charge < -0.3 is 15.4 Å². The molecule has 0 unspecified atom stereocenters. The average Bonchev–Trinajstić information content (AvgIpc) is 3.45. The van der Waals surface area contributed by atoms with Gasteiger partial charge in [0, 0.05) is 42.0 Å². The Kier molecular flexibility index (Phi) is 6.71. The third-order valence-electron chi connectivity index (χ3n) is 7.68. The topological polar surface area (TPSA) is 139 Å². The molecule has 1 saturated carbocycles. The van der Waals surface area contributed by atoms with Crippen LogP contribution in [0.25, 0.3) is 16.6 Å². The fourth-order valence-corrected chi connectivity index (χ4v) is 6.65. The van der Waals surface area contributed by atoms with Crippen molar-refractivity contribution in [1.82, 2.24) is 24.3 Å². The maximum Gasteiger partial charge on any atom is 0.316 e. The summed E-state index contributed by atoms with van der Waals surface area (Å²) in [6.45, 7) is 3.86. The van der Waals surface area contributed by atoms with Crippen LogP contribution in [0.5, 0.6) is 5.75 Å². The lowest BCUT2D eigenvalue weighted by Gasteiger charge is -2.35. The molecule has 3 heterocycles. The first-order chi connectivity index (χ1) is 19.1. The third-order valence-corrected chi connectivity index (χ3v) is 9.75. The summed E-state index contributed by atoms with van der Waals surface area (Å²) in [6.07, 6.45) is 5.30. The van der Waals surface area contributed by atoms with Crippen LogP contribution in [0.15, 0.2) is 53.6 Å². The summed E-state index contributed by atoms with van der Waals surface area (Å²) in [5, 5.41) is 12.4. The van der Waals surface area contributed by atoms with Gasteiger partial charge in [-0.3, -0.25) is 9.89 Å². The molecule has 0 radical (unpaired) electrons. The van der Waals surface area contributed by atoms with Crippen molar-refractivity contribution < 1.29 is 13.2 Å². The molecule has 2 aromatic heterocycles. The Morgan fingerprint density at radius 1 is 1.12 bits per heavy atom. The fourth-order valence-electron chi connectivity index (χ4n) is 4.92. The first kappa shape index (κ1) is 26.6. The molecule has 2 aromatic carbocycles. The van der Waals surface area contributed by atoms with E-state index < -0.39 is 10.0 Å². The van der Waals surface area contributed by atoms with Crippen molar-refractivity contribution in [2.24, 2.45) is 5.41 Å². The molecule has 11 nitrogen and oxygen atoms in total. The molecule has 0 atom stereocenters. The fraction of sp³-hybridized carbons (Fsp3) is 0.370. The zero-order chi connectivity index (χ0) is 28.1. The number of nitrogens with zero attached hydrogens (tertiary/aromatic N) is 5. The minimum atomic E-state index is -3.61. The van der Waals surface area contributed by atoms with Crippen molar-refractivity contribution >= 4 is 43.9 Å². The SMILES string of the molecule is CC1(COc2c(N3CCN(S(=O)(=O)Cc4ccc(N)c5[nH]ncc45)CC3)cnn(-c3cccc(Cl)c3)c2=O)CC1. The van der Waals surface area contributed by atoms with Crippen molar-refractivity contribution in [2.75, 3.05) is 43.4 Å². The van der Waals surface area contributed by atoms with Gasteiger partial charge in [-0.05, 0) is 42.7 Å². The predicted molar refractivity (Wildman–Crippen MR) is 155 cm³/mol. The number of halogens is 1. The molecule has 1 saturated heterocycles. The molecule has 0 spiro atoms. The molecule has 2 aliphatic rings. The van der Waals surface area contributed by atoms with Gasteiger partial charge in [-0.15, -0.1) is 0 Å². The second kappa shape index (κ2) is 10.1. The van der Waals surface area contributed by atoms with Crippen molar-refractivity contribution in [1.29, 1.82) is 0 Å². The number of sulfonamides is 1. The number of nitrogens with two attached hydrogens (primary N) is 1. The number of H-pyrrole nitrogens is 1. The molecule has 0 amide bonds. The number of fused-ring (bicyclic) bond motifs is 1. The van der Waals surface area contributed by atoms with E-state index in [1.165, 1.54) is 8.99 Å². The number of anilines is 2. The van der Waals surface area contributed by atoms with E-state index in [2.05, 4.69) is 22.2 Å². The molecule has 6 rings (SSSR count). The minimum absolute atomic E-state index is 0.0587. The van der Waals surface area contributed by atoms with E-state index in [0.29, 0.717) is 58.2 Å². The molecule has 2 fully saturated rings. The van der Waals surface area contributed by atoms with E-state index in [-0.39, 0.29) is 35.6 Å². The Bertz CT molecular complexity index is 1740. The number of nitrogen functional groups attached to an aromatic ring is 1. The Morgan fingerprint density at radius 3 is 2.62 bits per heavy atom. The number of benzene rings is 2. The number of nitrogens with one attached hydrogen (secondary N) is 1. The summed E-state index contributed by atoms with van der Waals surface area (Å²) in [5.41, 5.74) is 8.54. The first-order valence-electron chi connectivity index (χ1n) is 13.1. The zero-order valence-electron chi connectivity index (χ0n) is 22.0. The molecule has 210 valence electrons. The zero-order valence-corrected chi connectivity index (χ0v) is 23.6. The van der Waals surface area contributed by atoms with Crippen LogP contribution < -0.4 is 20.9 Å². The standard InChI is InChI=1S/C27H30ClN7O4S/c1-27(7-8-27)17-39-25-23(15-31-35(26(25)36)20-4-2-3-19(28)13-20)33-9-11-34(12-10-33)40(37,38)16-18-5-6-22(29)24-21(18)14-30-32-24/h2-6,13-15H,7-12,16-17,29H2,1H3,(H,30,32). The van der Waals surface area contributed by atoms with E-state index in [4.69, 9.17) is 22.1 Å². The number of aromatic amines is 1. The third kappa shape index (κ3) is 5.14. The second-order valence-electron chi connectivity index (χ2n) is 10.8. The lowest BCUT2D eigenvalue weighted by molar-refractivity contribution is 0.242. The van der Waals surface area contributed by atoms with Gasteiger partial charge in [0.25, 0.3) is 0 Å². The Labute approximate surface area is 236 Å². The number of rotatable bonds is 8. The Balaban J connectivity index is 1.23. The Morgan fingerprint density at radius 2 is 1.90 bits per heavy atom. The molecular weight excluding hydrogens is 554 g/mol. The van der Waals surface area contributed by atoms with Crippen LogP contribution in [0, 0.1) is 5.41 Å². The van der Waals surface area contributed by atoms with Crippen LogP contribution in [0.3, 0.4) is 0 Å². The van der Waals surface area contributed by atoms with Crippen LogP contribution in [-0.2, 0) is 15.8 Å². The van der Waals surface area contributed by atoms with Gasteiger partial charge in [0.15, 0.2) is 0 Å². The Hall–Kier alpha value is -3.61. The normalized spacial score (nSPS) is 17.3. The highest BCUT2D eigenvalue weighted by Crippen LogP contribution is 2.45. The molecule has 4 aromatic rings. The number of hydrogen-bond acceptors (Lipinski definition) is 8. The summed E-state index contributed by atoms with van der Waals surface area (Å²) >= 11 is 6.15. The van der Waals surface area contributed by atoms with Crippen molar-refractivity contribution in [3.8, 4) is 11.4 Å². The average molecular weight is 584 g/mol. The van der Waals surface area contributed by atoms with Gasteiger partial charge in [-0.2, -0.15) is 19.2 Å². The number of hydrogen-bond donors (Lipinski definition) is 2. The van der Waals surface area contributed by atoms with E-state index in [0.717, 1.165) is 12.8 Å². The summed E-state index contributed by atoms with van der Waals surface area (Å²) in [7, 11) is -3.61. The maximum atomic E-state index is 13.6. The van der Waals surface area contributed by atoms with Crippen LogP contribution >= 0.6 is 11.6 Å². The monoisotopic (exact) mass is 583 g/mol. The van der Waals surface area contributed by atoms with Crippen LogP contribution in [0.2, 0.25) is 5.02 Å². The second-order valence-corrected chi connectivity index (χ2v) is 13.2. The van der Waals surface area contributed by atoms with Gasteiger partial charge in [-0.1, -0.05) is 30.7 Å².